The van der Waals surface area contributed by atoms with E-state index in [4.69, 9.17) is 5.11 Å². The topological polar surface area (TPSA) is 81.0 Å². The van der Waals surface area contributed by atoms with Gasteiger partial charge < -0.3 is 20.2 Å². The zero-order chi connectivity index (χ0) is 24.4. The van der Waals surface area contributed by atoms with E-state index in [0.29, 0.717) is 35.5 Å². The van der Waals surface area contributed by atoms with E-state index < -0.39 is 11.6 Å². The molecule has 4 aliphatic carbocycles. The van der Waals surface area contributed by atoms with Gasteiger partial charge in [-0.25, -0.2) is 4.79 Å². The van der Waals surface area contributed by atoms with Gasteiger partial charge in [-0.15, -0.1) is 0 Å². The number of nitrogens with zero attached hydrogens (tertiary/aromatic N) is 1. The highest BCUT2D eigenvalue weighted by Gasteiger charge is 2.64. The molecule has 0 aromatic rings. The maximum Gasteiger partial charge on any atom is 0.382 e. The van der Waals surface area contributed by atoms with Gasteiger partial charge in [0.25, 0.3) is 0 Å². The summed E-state index contributed by atoms with van der Waals surface area (Å²) in [5, 5.41) is 30.3. The second kappa shape index (κ2) is 10.3. The molecule has 0 bridgehead atoms. The first-order chi connectivity index (χ1) is 15.5. The molecule has 188 valence electrons. The molecule has 4 fully saturated rings. The number of aliphatic hydroxyl groups excluding tert-OH is 1. The van der Waals surface area contributed by atoms with Gasteiger partial charge in [-0.2, -0.15) is 0 Å². The van der Waals surface area contributed by atoms with Crippen molar-refractivity contribution >= 4 is 5.97 Å². The molecule has 5 nitrogen and oxygen atoms in total. The predicted molar refractivity (Wildman–Crippen MR) is 132 cm³/mol. The van der Waals surface area contributed by atoms with E-state index in [0.717, 1.165) is 38.5 Å². The van der Waals surface area contributed by atoms with Crippen molar-refractivity contribution in [2.75, 3.05) is 19.6 Å². The molecule has 0 radical (unpaired) electrons. The molecular formula is C28H47NO4. The zero-order valence-corrected chi connectivity index (χ0v) is 21.6. The molecule has 4 aliphatic rings. The van der Waals surface area contributed by atoms with Crippen molar-refractivity contribution in [3.8, 4) is 11.8 Å². The van der Waals surface area contributed by atoms with Crippen LogP contribution in [0.1, 0.15) is 92.4 Å². The minimum Gasteiger partial charge on any atom is -0.472 e. The fourth-order valence-corrected chi connectivity index (χ4v) is 8.28. The highest BCUT2D eigenvalue weighted by atomic mass is 16.4. The smallest absolute Gasteiger partial charge is 0.382 e. The zero-order valence-electron chi connectivity index (χ0n) is 21.6. The summed E-state index contributed by atoms with van der Waals surface area (Å²) in [6.45, 7) is 14.7. The number of carbonyl (C=O) groups is 1. The lowest BCUT2D eigenvalue weighted by molar-refractivity contribution is -0.145. The molecule has 5 heteroatoms. The Morgan fingerprint density at radius 2 is 1.58 bits per heavy atom. The SMILES string of the molecule is CCN(CC)CC.C[C@]12CC[C@H](O)C[C@H]1CC[C@@H]1[C@@H]2CC[C@@]2(C)[C@H]1CC[C@@]2(O)C#CC(=O)O. The van der Waals surface area contributed by atoms with Crippen LogP contribution in [0.2, 0.25) is 0 Å². The van der Waals surface area contributed by atoms with Crippen LogP contribution in [-0.2, 0) is 4.79 Å². The van der Waals surface area contributed by atoms with E-state index in [1.54, 1.807) is 0 Å². The highest BCUT2D eigenvalue weighted by molar-refractivity contribution is 5.86. The standard InChI is InChI=1S/C22H32O4.C6H15N/c1-20-9-5-15(23)13-14(20)3-4-16-17(20)6-10-21(2)18(16)7-11-22(21,26)12-8-19(24)25;1-4-7(5-2)6-3/h14-18,23,26H,3-7,9-11,13H2,1-2H3,(H,24,25);4-6H2,1-3H3/t14-,15+,16-,17+,18+,20+,21+,22-;/m1./s1. The maximum absolute atomic E-state index is 11.2. The van der Waals surface area contributed by atoms with Gasteiger partial charge in [-0.1, -0.05) is 40.5 Å². The summed E-state index contributed by atoms with van der Waals surface area (Å²) in [6.07, 6.45) is 8.80. The first-order valence-electron chi connectivity index (χ1n) is 13.4. The molecule has 0 saturated heterocycles. The summed E-state index contributed by atoms with van der Waals surface area (Å²) in [5.41, 5.74) is -1.15. The Bertz CT molecular complexity index is 749. The van der Waals surface area contributed by atoms with Crippen molar-refractivity contribution in [1.29, 1.82) is 0 Å². The summed E-state index contributed by atoms with van der Waals surface area (Å²) in [6, 6.07) is 0. The van der Waals surface area contributed by atoms with Crippen molar-refractivity contribution in [2.45, 2.75) is 104 Å². The fraction of sp³-hybridized carbons (Fsp3) is 0.893. The molecule has 0 spiro atoms. The van der Waals surface area contributed by atoms with Gasteiger partial charge in [0.2, 0.25) is 0 Å². The monoisotopic (exact) mass is 461 g/mol. The highest BCUT2D eigenvalue weighted by Crippen LogP contribution is 2.68. The number of hydrogen-bond donors (Lipinski definition) is 3. The first kappa shape index (κ1) is 26.5. The third-order valence-corrected chi connectivity index (χ3v) is 10.5. The Balaban J connectivity index is 0.000000383. The van der Waals surface area contributed by atoms with Gasteiger partial charge in [0.1, 0.15) is 5.60 Å². The van der Waals surface area contributed by atoms with Gasteiger partial charge in [0.15, 0.2) is 0 Å². The molecule has 0 amide bonds. The number of fused-ring (bicyclic) bond motifs is 5. The van der Waals surface area contributed by atoms with E-state index in [2.05, 4.69) is 51.4 Å². The normalized spacial score (nSPS) is 43.8. The lowest BCUT2D eigenvalue weighted by atomic mass is 9.44. The molecule has 4 rings (SSSR count). The molecule has 4 saturated carbocycles. The molecular weight excluding hydrogens is 414 g/mol. The van der Waals surface area contributed by atoms with E-state index in [-0.39, 0.29) is 11.5 Å². The molecule has 0 aromatic heterocycles. The van der Waals surface area contributed by atoms with Crippen LogP contribution in [0.4, 0.5) is 0 Å². The average molecular weight is 462 g/mol. The Labute approximate surface area is 201 Å². The van der Waals surface area contributed by atoms with Crippen molar-refractivity contribution < 1.29 is 20.1 Å². The minimum absolute atomic E-state index is 0.124. The van der Waals surface area contributed by atoms with Gasteiger partial charge in [-0.05, 0) is 107 Å². The predicted octanol–water partition coefficient (Wildman–Crippen LogP) is 4.56. The van der Waals surface area contributed by atoms with E-state index in [1.807, 2.05) is 0 Å². The van der Waals surface area contributed by atoms with Crippen LogP contribution in [0.25, 0.3) is 0 Å². The number of carboxylic acids is 1. The van der Waals surface area contributed by atoms with Crippen LogP contribution in [0.5, 0.6) is 0 Å². The second-order valence-corrected chi connectivity index (χ2v) is 11.6. The summed E-state index contributed by atoms with van der Waals surface area (Å²) in [5.74, 6) is 6.11. The number of aliphatic hydroxyl groups is 2. The minimum atomic E-state index is -1.17. The van der Waals surface area contributed by atoms with Gasteiger partial charge in [0.05, 0.1) is 6.10 Å². The van der Waals surface area contributed by atoms with Crippen molar-refractivity contribution in [3.05, 3.63) is 0 Å². The van der Waals surface area contributed by atoms with Crippen LogP contribution >= 0.6 is 0 Å². The summed E-state index contributed by atoms with van der Waals surface area (Å²) in [4.78, 5) is 13.3. The van der Waals surface area contributed by atoms with E-state index in [1.165, 1.54) is 32.5 Å². The Kier molecular flexibility index (Phi) is 8.24. The van der Waals surface area contributed by atoms with Crippen LogP contribution in [-0.4, -0.2) is 57.5 Å². The lowest BCUT2D eigenvalue weighted by Gasteiger charge is -2.61. The van der Waals surface area contributed by atoms with Gasteiger partial charge in [0, 0.05) is 11.3 Å². The number of aliphatic carboxylic acids is 1. The van der Waals surface area contributed by atoms with Crippen LogP contribution in [0, 0.1) is 46.3 Å². The quantitative estimate of drug-likeness (QED) is 0.537. The van der Waals surface area contributed by atoms with Crippen molar-refractivity contribution in [1.82, 2.24) is 4.90 Å². The summed E-state index contributed by atoms with van der Waals surface area (Å²) in [7, 11) is 0. The van der Waals surface area contributed by atoms with Crippen LogP contribution in [0.15, 0.2) is 0 Å². The van der Waals surface area contributed by atoms with Crippen molar-refractivity contribution in [3.63, 3.8) is 0 Å². The molecule has 0 aromatic carbocycles. The Morgan fingerprint density at radius 3 is 2.15 bits per heavy atom. The number of rotatable bonds is 3. The summed E-state index contributed by atoms with van der Waals surface area (Å²) < 4.78 is 0. The average Bonchev–Trinajstić information content (AvgIpc) is 3.06. The van der Waals surface area contributed by atoms with Gasteiger partial charge >= 0.3 is 5.97 Å². The van der Waals surface area contributed by atoms with E-state index in [9.17, 15) is 15.0 Å². The third-order valence-electron chi connectivity index (χ3n) is 10.5. The Hall–Kier alpha value is -1.09. The fourth-order valence-electron chi connectivity index (χ4n) is 8.28. The maximum atomic E-state index is 11.2. The van der Waals surface area contributed by atoms with Crippen LogP contribution < -0.4 is 0 Å². The van der Waals surface area contributed by atoms with Crippen LogP contribution in [0.3, 0.4) is 0 Å². The van der Waals surface area contributed by atoms with E-state index >= 15 is 0 Å². The molecule has 0 unspecified atom stereocenters. The largest absolute Gasteiger partial charge is 0.472 e. The Morgan fingerprint density at radius 1 is 0.939 bits per heavy atom. The number of hydrogen-bond acceptors (Lipinski definition) is 4. The molecule has 3 N–H and O–H groups in total. The summed E-state index contributed by atoms with van der Waals surface area (Å²) >= 11 is 0. The second-order valence-electron chi connectivity index (χ2n) is 11.6. The molecule has 0 heterocycles. The van der Waals surface area contributed by atoms with Crippen molar-refractivity contribution in [2.24, 2.45) is 34.5 Å². The van der Waals surface area contributed by atoms with Gasteiger partial charge in [-0.3, -0.25) is 0 Å². The molecule has 8 atom stereocenters. The first-order valence-corrected chi connectivity index (χ1v) is 13.4. The molecule has 0 aliphatic heterocycles. The number of carboxylic acid groups (broad SMARTS) is 1. The third kappa shape index (κ3) is 4.86. The molecule has 33 heavy (non-hydrogen) atoms. The lowest BCUT2D eigenvalue weighted by Crippen LogP contribution is -2.56.